The second-order valence-electron chi connectivity index (χ2n) is 8.51. The van der Waals surface area contributed by atoms with Gasteiger partial charge in [0.1, 0.15) is 10.6 Å². The van der Waals surface area contributed by atoms with Crippen LogP contribution in [-0.2, 0) is 6.54 Å². The molecule has 5 heteroatoms. The van der Waals surface area contributed by atoms with Crippen molar-refractivity contribution in [2.75, 3.05) is 4.90 Å². The summed E-state index contributed by atoms with van der Waals surface area (Å²) in [6, 6.07) is 19.7. The van der Waals surface area contributed by atoms with E-state index in [9.17, 15) is 0 Å². The molecule has 4 rings (SSSR count). The molecule has 0 N–H and O–H groups in total. The molecule has 0 aliphatic carbocycles. The van der Waals surface area contributed by atoms with Crippen molar-refractivity contribution in [1.82, 2.24) is 9.97 Å². The van der Waals surface area contributed by atoms with Crippen molar-refractivity contribution in [1.29, 1.82) is 0 Å². The van der Waals surface area contributed by atoms with Crippen molar-refractivity contribution in [2.45, 2.75) is 53.1 Å². The standard InChI is InChI=1S/C26H28ClN3S/c1-16(2)20-11-13-21(14-12-20)22-18(5)31-25-23(22)24(28-26(27)29-25)30(17(3)4)15-19-9-7-6-8-10-19/h6-14,16-17H,15H2,1-5H3. The van der Waals surface area contributed by atoms with Crippen molar-refractivity contribution in [3.05, 3.63) is 75.9 Å². The van der Waals surface area contributed by atoms with Gasteiger partial charge in [0.15, 0.2) is 0 Å². The van der Waals surface area contributed by atoms with Crippen molar-refractivity contribution in [2.24, 2.45) is 0 Å². The molecule has 0 amide bonds. The van der Waals surface area contributed by atoms with Gasteiger partial charge in [0.05, 0.1) is 5.39 Å². The number of rotatable bonds is 6. The van der Waals surface area contributed by atoms with E-state index in [4.69, 9.17) is 16.6 Å². The first kappa shape index (κ1) is 21.8. The zero-order chi connectivity index (χ0) is 22.1. The van der Waals surface area contributed by atoms with Gasteiger partial charge in [0.25, 0.3) is 0 Å². The van der Waals surface area contributed by atoms with Gasteiger partial charge in [-0.15, -0.1) is 11.3 Å². The summed E-state index contributed by atoms with van der Waals surface area (Å²) in [5.41, 5.74) is 4.99. The van der Waals surface area contributed by atoms with E-state index < -0.39 is 0 Å². The number of fused-ring (bicyclic) bond motifs is 1. The second-order valence-corrected chi connectivity index (χ2v) is 10.1. The summed E-state index contributed by atoms with van der Waals surface area (Å²) in [6.45, 7) is 11.8. The van der Waals surface area contributed by atoms with Gasteiger partial charge >= 0.3 is 0 Å². The topological polar surface area (TPSA) is 29.0 Å². The van der Waals surface area contributed by atoms with Crippen LogP contribution in [0.25, 0.3) is 21.3 Å². The van der Waals surface area contributed by atoms with Crippen LogP contribution in [0.5, 0.6) is 0 Å². The molecule has 0 spiro atoms. The highest BCUT2D eigenvalue weighted by Crippen LogP contribution is 2.43. The third-order valence-electron chi connectivity index (χ3n) is 5.64. The Hall–Kier alpha value is -2.43. The Labute approximate surface area is 193 Å². The van der Waals surface area contributed by atoms with E-state index in [2.05, 4.69) is 93.0 Å². The molecule has 31 heavy (non-hydrogen) atoms. The Bertz CT molecular complexity index is 1180. The summed E-state index contributed by atoms with van der Waals surface area (Å²) in [6.07, 6.45) is 0. The number of aromatic nitrogens is 2. The summed E-state index contributed by atoms with van der Waals surface area (Å²) in [5, 5.41) is 1.39. The molecule has 0 radical (unpaired) electrons. The summed E-state index contributed by atoms with van der Waals surface area (Å²) < 4.78 is 0. The lowest BCUT2D eigenvalue weighted by molar-refractivity contribution is 0.675. The van der Waals surface area contributed by atoms with Crippen LogP contribution in [0.15, 0.2) is 54.6 Å². The molecular formula is C26H28ClN3S. The normalized spacial score (nSPS) is 11.6. The maximum atomic E-state index is 6.40. The average molecular weight is 450 g/mol. The fraction of sp³-hybridized carbons (Fsp3) is 0.308. The molecule has 0 unspecified atom stereocenters. The lowest BCUT2D eigenvalue weighted by Crippen LogP contribution is -2.31. The molecule has 0 aliphatic heterocycles. The third kappa shape index (κ3) is 4.46. The van der Waals surface area contributed by atoms with Gasteiger partial charge in [-0.25, -0.2) is 4.98 Å². The van der Waals surface area contributed by atoms with Gasteiger partial charge in [-0.05, 0) is 55.0 Å². The highest BCUT2D eigenvalue weighted by Gasteiger charge is 2.23. The number of aryl methyl sites for hydroxylation is 1. The molecule has 4 aromatic rings. The van der Waals surface area contributed by atoms with Crippen LogP contribution in [0.4, 0.5) is 5.82 Å². The minimum absolute atomic E-state index is 0.255. The Morgan fingerprint density at radius 2 is 1.61 bits per heavy atom. The largest absolute Gasteiger partial charge is 0.349 e. The number of halogens is 1. The van der Waals surface area contributed by atoms with Crippen LogP contribution >= 0.6 is 22.9 Å². The minimum atomic E-state index is 0.255. The molecule has 2 aromatic carbocycles. The molecule has 160 valence electrons. The molecule has 0 saturated heterocycles. The fourth-order valence-corrected chi connectivity index (χ4v) is 5.19. The van der Waals surface area contributed by atoms with E-state index in [1.807, 2.05) is 6.07 Å². The van der Waals surface area contributed by atoms with Crippen molar-refractivity contribution < 1.29 is 0 Å². The monoisotopic (exact) mass is 449 g/mol. The Balaban J connectivity index is 1.90. The summed E-state index contributed by atoms with van der Waals surface area (Å²) in [5.74, 6) is 1.41. The second kappa shape index (κ2) is 8.97. The van der Waals surface area contributed by atoms with Crippen molar-refractivity contribution in [3.8, 4) is 11.1 Å². The van der Waals surface area contributed by atoms with Crippen LogP contribution in [-0.4, -0.2) is 16.0 Å². The zero-order valence-electron chi connectivity index (χ0n) is 18.7. The predicted molar refractivity (Wildman–Crippen MR) is 134 cm³/mol. The zero-order valence-corrected chi connectivity index (χ0v) is 20.3. The Kier molecular flexibility index (Phi) is 6.31. The van der Waals surface area contributed by atoms with Crippen LogP contribution in [0.2, 0.25) is 5.28 Å². The number of hydrogen-bond donors (Lipinski definition) is 0. The summed E-state index contributed by atoms with van der Waals surface area (Å²) in [4.78, 5) is 13.8. The summed E-state index contributed by atoms with van der Waals surface area (Å²) in [7, 11) is 0. The smallest absolute Gasteiger partial charge is 0.225 e. The first-order valence-corrected chi connectivity index (χ1v) is 11.9. The molecule has 0 fully saturated rings. The van der Waals surface area contributed by atoms with Gasteiger partial charge in [0.2, 0.25) is 5.28 Å². The van der Waals surface area contributed by atoms with E-state index in [1.54, 1.807) is 11.3 Å². The van der Waals surface area contributed by atoms with E-state index in [-0.39, 0.29) is 6.04 Å². The molecule has 0 bridgehead atoms. The van der Waals surface area contributed by atoms with Crippen LogP contribution in [0.3, 0.4) is 0 Å². The number of nitrogens with zero attached hydrogens (tertiary/aromatic N) is 3. The Morgan fingerprint density at radius 1 is 0.935 bits per heavy atom. The van der Waals surface area contributed by atoms with E-state index in [0.29, 0.717) is 11.2 Å². The number of hydrogen-bond acceptors (Lipinski definition) is 4. The third-order valence-corrected chi connectivity index (χ3v) is 6.81. The average Bonchev–Trinajstić information content (AvgIpc) is 3.07. The van der Waals surface area contributed by atoms with Crippen molar-refractivity contribution >= 4 is 39.0 Å². The molecule has 0 saturated carbocycles. The van der Waals surface area contributed by atoms with Crippen molar-refractivity contribution in [3.63, 3.8) is 0 Å². The molecular weight excluding hydrogens is 422 g/mol. The molecule has 3 nitrogen and oxygen atoms in total. The quantitative estimate of drug-likeness (QED) is 0.280. The van der Waals surface area contributed by atoms with Gasteiger partial charge in [-0.2, -0.15) is 4.98 Å². The summed E-state index contributed by atoms with van der Waals surface area (Å²) >= 11 is 8.08. The van der Waals surface area contributed by atoms with Gasteiger partial charge in [-0.3, -0.25) is 0 Å². The predicted octanol–water partition coefficient (Wildman–Crippen LogP) is 7.86. The van der Waals surface area contributed by atoms with Crippen LogP contribution < -0.4 is 4.90 Å². The molecule has 2 heterocycles. The first-order valence-electron chi connectivity index (χ1n) is 10.7. The van der Waals surface area contributed by atoms with Gasteiger partial charge in [-0.1, -0.05) is 68.4 Å². The maximum Gasteiger partial charge on any atom is 0.225 e. The van der Waals surface area contributed by atoms with Crippen LogP contribution in [0, 0.1) is 6.92 Å². The van der Waals surface area contributed by atoms with Gasteiger partial charge in [0, 0.05) is 23.0 Å². The number of anilines is 1. The van der Waals surface area contributed by atoms with E-state index in [0.717, 1.165) is 22.6 Å². The maximum absolute atomic E-state index is 6.40. The lowest BCUT2D eigenvalue weighted by atomic mass is 9.97. The van der Waals surface area contributed by atoms with E-state index >= 15 is 0 Å². The minimum Gasteiger partial charge on any atom is -0.349 e. The molecule has 0 aliphatic rings. The highest BCUT2D eigenvalue weighted by molar-refractivity contribution is 7.19. The molecule has 0 atom stereocenters. The first-order chi connectivity index (χ1) is 14.8. The van der Waals surface area contributed by atoms with E-state index in [1.165, 1.54) is 27.1 Å². The number of thiophene rings is 1. The lowest BCUT2D eigenvalue weighted by Gasteiger charge is -2.29. The SMILES string of the molecule is Cc1sc2nc(Cl)nc(N(Cc3ccccc3)C(C)C)c2c1-c1ccc(C(C)C)cc1. The molecule has 2 aromatic heterocycles. The number of benzene rings is 2. The Morgan fingerprint density at radius 3 is 2.23 bits per heavy atom. The fourth-order valence-electron chi connectivity index (χ4n) is 3.94. The van der Waals surface area contributed by atoms with Crippen LogP contribution in [0.1, 0.15) is 49.6 Å². The highest BCUT2D eigenvalue weighted by atomic mass is 35.5. The van der Waals surface area contributed by atoms with Gasteiger partial charge < -0.3 is 4.90 Å².